The van der Waals surface area contributed by atoms with E-state index < -0.39 is 0 Å². The molecule has 0 aliphatic carbocycles. The first kappa shape index (κ1) is 11.1. The second kappa shape index (κ2) is 5.01. The predicted octanol–water partition coefficient (Wildman–Crippen LogP) is 2.95. The molecule has 1 aromatic rings. The quantitative estimate of drug-likeness (QED) is 0.718. The van der Waals surface area contributed by atoms with Crippen LogP contribution in [0.2, 0.25) is 0 Å². The molecule has 0 radical (unpaired) electrons. The lowest BCUT2D eigenvalue weighted by Gasteiger charge is -2.13. The largest absolute Gasteiger partial charge is 0.496 e. The molecular weight excluding hydrogens is 200 g/mol. The first-order valence-electron chi connectivity index (χ1n) is 4.46. The maximum atomic E-state index is 10.8. The second-order valence-electron chi connectivity index (χ2n) is 3.20. The highest BCUT2D eigenvalue weighted by Gasteiger charge is 2.13. The summed E-state index contributed by atoms with van der Waals surface area (Å²) in [5.74, 6) is 0.897. The van der Waals surface area contributed by atoms with Gasteiger partial charge in [0, 0.05) is 6.42 Å². The minimum absolute atomic E-state index is 0.0937. The van der Waals surface area contributed by atoms with Gasteiger partial charge in [0.25, 0.3) is 0 Å². The fourth-order valence-electron chi connectivity index (χ4n) is 1.42. The van der Waals surface area contributed by atoms with Gasteiger partial charge >= 0.3 is 0 Å². The molecule has 14 heavy (non-hydrogen) atoms. The van der Waals surface area contributed by atoms with Crippen molar-refractivity contribution in [3.05, 3.63) is 29.8 Å². The Labute approximate surface area is 88.8 Å². The Morgan fingerprint density at radius 3 is 2.71 bits per heavy atom. The number of halogens is 1. The van der Waals surface area contributed by atoms with E-state index in [0.717, 1.165) is 11.3 Å². The van der Waals surface area contributed by atoms with Gasteiger partial charge in [-0.05, 0) is 29.1 Å². The van der Waals surface area contributed by atoms with E-state index >= 15 is 0 Å². The van der Waals surface area contributed by atoms with Gasteiger partial charge in [0.1, 0.15) is 5.75 Å². The van der Waals surface area contributed by atoms with E-state index in [1.807, 2.05) is 31.2 Å². The summed E-state index contributed by atoms with van der Waals surface area (Å²) in [6, 6.07) is 7.65. The second-order valence-corrected chi connectivity index (χ2v) is 3.62. The molecule has 0 saturated heterocycles. The Hall–Kier alpha value is -1.02. The zero-order chi connectivity index (χ0) is 10.6. The molecule has 1 atom stereocenters. The average Bonchev–Trinajstić information content (AvgIpc) is 2.16. The van der Waals surface area contributed by atoms with Gasteiger partial charge < -0.3 is 4.74 Å². The van der Waals surface area contributed by atoms with Gasteiger partial charge in [-0.25, -0.2) is 0 Å². The van der Waals surface area contributed by atoms with Gasteiger partial charge in [-0.1, -0.05) is 25.1 Å². The van der Waals surface area contributed by atoms with E-state index in [-0.39, 0.29) is 11.2 Å². The highest BCUT2D eigenvalue weighted by atomic mass is 35.5. The molecular formula is C11H13ClO2. The van der Waals surface area contributed by atoms with E-state index in [2.05, 4.69) is 0 Å². The molecule has 0 aliphatic rings. The van der Waals surface area contributed by atoms with Crippen molar-refractivity contribution in [2.24, 2.45) is 0 Å². The molecule has 1 rings (SSSR count). The van der Waals surface area contributed by atoms with Crippen LogP contribution in [-0.2, 0) is 4.79 Å². The summed E-state index contributed by atoms with van der Waals surface area (Å²) >= 11 is 5.34. The van der Waals surface area contributed by atoms with Crippen LogP contribution in [-0.4, -0.2) is 12.4 Å². The fraction of sp³-hybridized carbons (Fsp3) is 0.364. The monoisotopic (exact) mass is 212 g/mol. The maximum Gasteiger partial charge on any atom is 0.222 e. The van der Waals surface area contributed by atoms with Crippen molar-refractivity contribution < 1.29 is 9.53 Å². The van der Waals surface area contributed by atoms with E-state index in [0.29, 0.717) is 6.42 Å². The molecule has 1 aromatic carbocycles. The third kappa shape index (κ3) is 2.74. The van der Waals surface area contributed by atoms with Crippen molar-refractivity contribution in [1.82, 2.24) is 0 Å². The Morgan fingerprint density at radius 2 is 2.14 bits per heavy atom. The number of ether oxygens (including phenoxy) is 1. The Balaban J connectivity index is 2.87. The summed E-state index contributed by atoms with van der Waals surface area (Å²) in [7, 11) is 1.62. The first-order chi connectivity index (χ1) is 6.65. The van der Waals surface area contributed by atoms with Crippen LogP contribution in [0.3, 0.4) is 0 Å². The molecule has 2 nitrogen and oxygen atoms in total. The lowest BCUT2D eigenvalue weighted by atomic mass is 9.97. The highest BCUT2D eigenvalue weighted by molar-refractivity contribution is 6.63. The summed E-state index contributed by atoms with van der Waals surface area (Å²) in [6.07, 6.45) is 0.335. The van der Waals surface area contributed by atoms with Crippen molar-refractivity contribution in [2.75, 3.05) is 7.11 Å². The smallest absolute Gasteiger partial charge is 0.222 e. The Bertz CT molecular complexity index is 323. The average molecular weight is 213 g/mol. The van der Waals surface area contributed by atoms with Crippen molar-refractivity contribution in [2.45, 2.75) is 19.3 Å². The molecule has 3 heteroatoms. The summed E-state index contributed by atoms with van der Waals surface area (Å²) in [6.45, 7) is 1.96. The summed E-state index contributed by atoms with van der Waals surface area (Å²) < 4.78 is 5.19. The van der Waals surface area contributed by atoms with Gasteiger partial charge in [0.05, 0.1) is 7.11 Å². The summed E-state index contributed by atoms with van der Waals surface area (Å²) in [5, 5.41) is -0.316. The maximum absolute atomic E-state index is 10.8. The summed E-state index contributed by atoms with van der Waals surface area (Å²) in [4.78, 5) is 10.8. The zero-order valence-electron chi connectivity index (χ0n) is 8.29. The van der Waals surface area contributed by atoms with Crippen molar-refractivity contribution in [3.63, 3.8) is 0 Å². The molecule has 1 unspecified atom stereocenters. The van der Waals surface area contributed by atoms with Crippen molar-refractivity contribution in [1.29, 1.82) is 0 Å². The van der Waals surface area contributed by atoms with E-state index in [1.165, 1.54) is 0 Å². The molecule has 0 aliphatic heterocycles. The van der Waals surface area contributed by atoms with Crippen LogP contribution in [0.5, 0.6) is 5.75 Å². The molecule has 0 spiro atoms. The zero-order valence-corrected chi connectivity index (χ0v) is 9.04. The summed E-state index contributed by atoms with van der Waals surface area (Å²) in [5.41, 5.74) is 1.02. The van der Waals surface area contributed by atoms with Crippen LogP contribution >= 0.6 is 11.6 Å². The van der Waals surface area contributed by atoms with Gasteiger partial charge in [-0.2, -0.15) is 0 Å². The van der Waals surface area contributed by atoms with Crippen LogP contribution in [0.15, 0.2) is 24.3 Å². The third-order valence-corrected chi connectivity index (χ3v) is 2.29. The van der Waals surface area contributed by atoms with Gasteiger partial charge in [-0.15, -0.1) is 0 Å². The van der Waals surface area contributed by atoms with E-state index in [4.69, 9.17) is 16.3 Å². The fourth-order valence-corrected chi connectivity index (χ4v) is 1.66. The van der Waals surface area contributed by atoms with Gasteiger partial charge in [0.15, 0.2) is 0 Å². The predicted molar refractivity (Wildman–Crippen MR) is 56.9 cm³/mol. The molecule has 0 N–H and O–H groups in total. The van der Waals surface area contributed by atoms with Crippen molar-refractivity contribution >= 4 is 16.8 Å². The number of hydrogen-bond acceptors (Lipinski definition) is 2. The number of methoxy groups -OCH3 is 1. The highest BCUT2D eigenvalue weighted by Crippen LogP contribution is 2.28. The van der Waals surface area contributed by atoms with Gasteiger partial charge in [0.2, 0.25) is 5.24 Å². The normalized spacial score (nSPS) is 12.2. The number of para-hydroxylation sites is 1. The lowest BCUT2D eigenvalue weighted by Crippen LogP contribution is -2.00. The number of hydrogen-bond donors (Lipinski definition) is 0. The molecule has 0 heterocycles. The molecule has 0 bridgehead atoms. The Kier molecular flexibility index (Phi) is 3.96. The van der Waals surface area contributed by atoms with Crippen molar-refractivity contribution in [3.8, 4) is 5.75 Å². The number of carbonyl (C=O) groups excluding carboxylic acids is 1. The van der Waals surface area contributed by atoms with Crippen LogP contribution in [0.1, 0.15) is 24.8 Å². The molecule has 0 amide bonds. The SMILES string of the molecule is COc1ccccc1C(C)CC(=O)Cl. The Morgan fingerprint density at radius 1 is 1.50 bits per heavy atom. The molecule has 0 fully saturated rings. The number of carbonyl (C=O) groups is 1. The molecule has 0 aromatic heterocycles. The van der Waals surface area contributed by atoms with Crippen LogP contribution in [0.25, 0.3) is 0 Å². The first-order valence-corrected chi connectivity index (χ1v) is 4.84. The number of benzene rings is 1. The minimum Gasteiger partial charge on any atom is -0.496 e. The van der Waals surface area contributed by atoms with E-state index in [1.54, 1.807) is 7.11 Å². The third-order valence-electron chi connectivity index (χ3n) is 2.14. The molecule has 76 valence electrons. The van der Waals surface area contributed by atoms with Crippen LogP contribution in [0.4, 0.5) is 0 Å². The van der Waals surface area contributed by atoms with Crippen LogP contribution < -0.4 is 4.74 Å². The van der Waals surface area contributed by atoms with Crippen LogP contribution in [0, 0.1) is 0 Å². The topological polar surface area (TPSA) is 26.3 Å². The molecule has 0 saturated carbocycles. The van der Waals surface area contributed by atoms with E-state index in [9.17, 15) is 4.79 Å². The minimum atomic E-state index is -0.316. The number of rotatable bonds is 4. The lowest BCUT2D eigenvalue weighted by molar-refractivity contribution is -0.111. The van der Waals surface area contributed by atoms with Gasteiger partial charge in [-0.3, -0.25) is 4.79 Å². The standard InChI is InChI=1S/C11H13ClO2/c1-8(7-11(12)13)9-5-3-4-6-10(9)14-2/h3-6,8H,7H2,1-2H3.